The molecule has 6 nitrogen and oxygen atoms in total. The van der Waals surface area contributed by atoms with E-state index in [1.807, 2.05) is 0 Å². The van der Waals surface area contributed by atoms with Crippen molar-refractivity contribution in [3.8, 4) is 0 Å². The highest BCUT2D eigenvalue weighted by Gasteiger charge is 2.57. The zero-order chi connectivity index (χ0) is 21.5. The van der Waals surface area contributed by atoms with Crippen molar-refractivity contribution in [2.45, 2.75) is 83.7 Å². The van der Waals surface area contributed by atoms with E-state index in [0.717, 1.165) is 0 Å². The number of halogens is 3. The van der Waals surface area contributed by atoms with Crippen molar-refractivity contribution in [3.63, 3.8) is 0 Å². The van der Waals surface area contributed by atoms with Crippen LogP contribution < -0.4 is 0 Å². The van der Waals surface area contributed by atoms with Crippen LogP contribution in [0.4, 0.5) is 22.8 Å². The minimum absolute atomic E-state index is 0.169. The van der Waals surface area contributed by atoms with Gasteiger partial charge in [-0.15, -0.1) is 0 Å². The molecule has 0 bridgehead atoms. The molecule has 0 N–H and O–H groups in total. The van der Waals surface area contributed by atoms with E-state index in [0.29, 0.717) is 0 Å². The Balaban J connectivity index is 2.16. The molecular formula is C19H31F3N2O4. The molecule has 0 aliphatic carbocycles. The molecule has 2 rings (SSSR count). The number of likely N-dealkylation sites (tertiary alicyclic amines) is 2. The third-order valence-corrected chi connectivity index (χ3v) is 5.02. The van der Waals surface area contributed by atoms with Crippen LogP contribution in [-0.2, 0) is 9.47 Å². The molecule has 0 aromatic heterocycles. The van der Waals surface area contributed by atoms with E-state index >= 15 is 0 Å². The summed E-state index contributed by atoms with van der Waals surface area (Å²) in [7, 11) is 0. The molecular weight excluding hydrogens is 377 g/mol. The molecule has 2 saturated heterocycles. The van der Waals surface area contributed by atoms with Crippen molar-refractivity contribution in [2.75, 3.05) is 19.6 Å². The monoisotopic (exact) mass is 408 g/mol. The molecule has 0 aromatic carbocycles. The predicted molar refractivity (Wildman–Crippen MR) is 96.9 cm³/mol. The van der Waals surface area contributed by atoms with E-state index in [1.54, 1.807) is 41.5 Å². The number of rotatable bonds is 0. The van der Waals surface area contributed by atoms with Gasteiger partial charge < -0.3 is 19.3 Å². The summed E-state index contributed by atoms with van der Waals surface area (Å²) in [5.74, 6) is -1.59. The van der Waals surface area contributed by atoms with Gasteiger partial charge in [0.2, 0.25) is 0 Å². The first kappa shape index (κ1) is 22.6. The third kappa shape index (κ3) is 5.44. The molecule has 2 amide bonds. The van der Waals surface area contributed by atoms with Gasteiger partial charge in [0.05, 0.1) is 11.5 Å². The van der Waals surface area contributed by atoms with E-state index in [-0.39, 0.29) is 32.4 Å². The number of hydrogen-bond acceptors (Lipinski definition) is 4. The van der Waals surface area contributed by atoms with Crippen molar-refractivity contribution >= 4 is 12.2 Å². The summed E-state index contributed by atoms with van der Waals surface area (Å²) in [5.41, 5.74) is -2.41. The number of ether oxygens (including phenoxy) is 2. The van der Waals surface area contributed by atoms with Crippen molar-refractivity contribution < 1.29 is 32.2 Å². The highest BCUT2D eigenvalue weighted by molar-refractivity contribution is 5.71. The third-order valence-electron chi connectivity index (χ3n) is 5.02. The van der Waals surface area contributed by atoms with Crippen molar-refractivity contribution in [1.29, 1.82) is 0 Å². The number of carbonyl (C=O) groups is 2. The van der Waals surface area contributed by atoms with Crippen LogP contribution in [0, 0.1) is 5.92 Å². The second kappa shape index (κ2) is 7.30. The lowest BCUT2D eigenvalue weighted by molar-refractivity contribution is -0.171. The maximum atomic E-state index is 13.4. The Morgan fingerprint density at radius 1 is 0.893 bits per heavy atom. The highest BCUT2D eigenvalue weighted by atomic mass is 19.4. The van der Waals surface area contributed by atoms with E-state index in [9.17, 15) is 22.8 Å². The molecule has 0 unspecified atom stereocenters. The van der Waals surface area contributed by atoms with Gasteiger partial charge in [0.1, 0.15) is 11.2 Å². The molecule has 2 heterocycles. The number of piperidine rings is 1. The summed E-state index contributed by atoms with van der Waals surface area (Å²) in [4.78, 5) is 27.6. The molecule has 2 aliphatic rings. The summed E-state index contributed by atoms with van der Waals surface area (Å²) in [5, 5.41) is 0. The zero-order valence-corrected chi connectivity index (χ0v) is 17.5. The van der Waals surface area contributed by atoms with Crippen LogP contribution in [0.25, 0.3) is 0 Å². The van der Waals surface area contributed by atoms with Crippen LogP contribution in [0.3, 0.4) is 0 Å². The van der Waals surface area contributed by atoms with Gasteiger partial charge in [-0.25, -0.2) is 9.59 Å². The summed E-state index contributed by atoms with van der Waals surface area (Å²) >= 11 is 0. The van der Waals surface area contributed by atoms with Gasteiger partial charge in [0.15, 0.2) is 0 Å². The maximum Gasteiger partial charge on any atom is 0.410 e. The Hall–Kier alpha value is -1.67. The van der Waals surface area contributed by atoms with Gasteiger partial charge in [0.25, 0.3) is 0 Å². The zero-order valence-electron chi connectivity index (χ0n) is 17.5. The van der Waals surface area contributed by atoms with Crippen LogP contribution in [0.1, 0.15) is 60.8 Å². The van der Waals surface area contributed by atoms with Gasteiger partial charge in [-0.1, -0.05) is 0 Å². The van der Waals surface area contributed by atoms with Crippen molar-refractivity contribution in [1.82, 2.24) is 9.80 Å². The number of carbonyl (C=O) groups excluding carboxylic acids is 2. The molecule has 0 radical (unpaired) electrons. The molecule has 2 aliphatic heterocycles. The lowest BCUT2D eigenvalue weighted by Crippen LogP contribution is -2.56. The van der Waals surface area contributed by atoms with Gasteiger partial charge in [0, 0.05) is 19.6 Å². The highest BCUT2D eigenvalue weighted by Crippen LogP contribution is 2.47. The van der Waals surface area contributed by atoms with E-state index < -0.39 is 47.6 Å². The average molecular weight is 408 g/mol. The summed E-state index contributed by atoms with van der Waals surface area (Å²) in [6.45, 7) is 10.4. The summed E-state index contributed by atoms with van der Waals surface area (Å²) < 4.78 is 50.9. The topological polar surface area (TPSA) is 59.1 Å². The van der Waals surface area contributed by atoms with Crippen LogP contribution in [0.15, 0.2) is 0 Å². The quantitative estimate of drug-likeness (QED) is 0.589. The second-order valence-corrected chi connectivity index (χ2v) is 9.73. The number of hydrogen-bond donors (Lipinski definition) is 0. The van der Waals surface area contributed by atoms with E-state index in [1.165, 1.54) is 9.80 Å². The van der Waals surface area contributed by atoms with Crippen LogP contribution >= 0.6 is 0 Å². The first-order chi connectivity index (χ1) is 12.5. The average Bonchev–Trinajstić information content (AvgIpc) is 2.84. The van der Waals surface area contributed by atoms with E-state index in [4.69, 9.17) is 9.47 Å². The first-order valence-electron chi connectivity index (χ1n) is 9.58. The minimum Gasteiger partial charge on any atom is -0.444 e. The van der Waals surface area contributed by atoms with Crippen LogP contribution in [0.2, 0.25) is 0 Å². The predicted octanol–water partition coefficient (Wildman–Crippen LogP) is 4.58. The molecule has 0 saturated carbocycles. The maximum absolute atomic E-state index is 13.4. The SMILES string of the molecule is CC(C)(C)OC(=O)N1CCC2(CC1)C[C@@H](C(F)(F)F)CN2C(=O)OC(C)(C)C. The Labute approximate surface area is 164 Å². The van der Waals surface area contributed by atoms with Crippen molar-refractivity contribution in [3.05, 3.63) is 0 Å². The van der Waals surface area contributed by atoms with Gasteiger partial charge in [-0.05, 0) is 60.8 Å². The number of amides is 2. The largest absolute Gasteiger partial charge is 0.444 e. The molecule has 2 fully saturated rings. The Kier molecular flexibility index (Phi) is 5.89. The lowest BCUT2D eigenvalue weighted by atomic mass is 9.83. The van der Waals surface area contributed by atoms with Crippen LogP contribution in [0.5, 0.6) is 0 Å². The number of nitrogens with zero attached hydrogens (tertiary/aromatic N) is 2. The summed E-state index contributed by atoms with van der Waals surface area (Å²) in [6, 6.07) is 0. The fourth-order valence-corrected chi connectivity index (χ4v) is 3.76. The second-order valence-electron chi connectivity index (χ2n) is 9.73. The molecule has 162 valence electrons. The molecule has 28 heavy (non-hydrogen) atoms. The van der Waals surface area contributed by atoms with Gasteiger partial charge in [-0.2, -0.15) is 13.2 Å². The minimum atomic E-state index is -4.38. The Morgan fingerprint density at radius 2 is 1.36 bits per heavy atom. The number of alkyl halides is 3. The first-order valence-corrected chi connectivity index (χ1v) is 9.58. The van der Waals surface area contributed by atoms with Gasteiger partial charge in [-0.3, -0.25) is 0 Å². The molecule has 1 atom stereocenters. The smallest absolute Gasteiger partial charge is 0.410 e. The lowest BCUT2D eigenvalue weighted by Gasteiger charge is -2.44. The normalized spacial score (nSPS) is 23.1. The Morgan fingerprint density at radius 3 is 1.79 bits per heavy atom. The summed E-state index contributed by atoms with van der Waals surface area (Å²) in [6.07, 6.45) is -5.25. The fraction of sp³-hybridized carbons (Fsp3) is 0.895. The van der Waals surface area contributed by atoms with Crippen molar-refractivity contribution in [2.24, 2.45) is 5.92 Å². The molecule has 0 aromatic rings. The van der Waals surface area contributed by atoms with E-state index in [2.05, 4.69) is 0 Å². The van der Waals surface area contributed by atoms with Crippen LogP contribution in [-0.4, -0.2) is 64.5 Å². The Bertz CT molecular complexity index is 600. The molecule has 1 spiro atoms. The molecule has 9 heteroatoms. The fourth-order valence-electron chi connectivity index (χ4n) is 3.76. The van der Waals surface area contributed by atoms with Gasteiger partial charge >= 0.3 is 18.4 Å². The standard InChI is InChI=1S/C19H31F3N2O4/c1-16(2,3)27-14(25)23-9-7-18(8-10-23)11-13(19(20,21)22)12-24(18)15(26)28-17(4,5)6/h13H,7-12H2,1-6H3/t13-/m1/s1.